The number of benzene rings is 1. The molecule has 1 fully saturated rings. The third kappa shape index (κ3) is 2.04. The molecule has 3 rings (SSSR count). The second-order valence-electron chi connectivity index (χ2n) is 4.71. The Morgan fingerprint density at radius 3 is 3.00 bits per heavy atom. The van der Waals surface area contributed by atoms with Crippen LogP contribution in [0.4, 0.5) is 4.79 Å². The lowest BCUT2D eigenvalue weighted by Crippen LogP contribution is -2.27. The lowest BCUT2D eigenvalue weighted by Gasteiger charge is -2.10. The van der Waals surface area contributed by atoms with E-state index in [1.54, 1.807) is 4.90 Å². The lowest BCUT2D eigenvalue weighted by molar-refractivity contribution is 0.134. The van der Waals surface area contributed by atoms with Crippen LogP contribution >= 0.6 is 0 Å². The number of para-hydroxylation sites is 1. The minimum atomic E-state index is -0.315. The van der Waals surface area contributed by atoms with Gasteiger partial charge in [0.1, 0.15) is 6.10 Å². The van der Waals surface area contributed by atoms with E-state index in [0.717, 1.165) is 16.6 Å². The van der Waals surface area contributed by atoms with E-state index in [9.17, 15) is 4.79 Å². The van der Waals surface area contributed by atoms with Gasteiger partial charge < -0.3 is 10.5 Å². The number of amides is 1. The van der Waals surface area contributed by atoms with E-state index < -0.39 is 0 Å². The fourth-order valence-electron chi connectivity index (χ4n) is 2.41. The highest BCUT2D eigenvalue weighted by Gasteiger charge is 2.31. The van der Waals surface area contributed by atoms with Crippen LogP contribution in [0, 0.1) is 0 Å². The number of cyclic esters (lactones) is 1. The predicted molar refractivity (Wildman–Crippen MR) is 70.4 cm³/mol. The maximum atomic E-state index is 11.7. The Morgan fingerprint density at radius 1 is 1.47 bits per heavy atom. The SMILES string of the molecule is Cn1nc(CN2CC(CN)OC2=O)c2ccccc21. The van der Waals surface area contributed by atoms with E-state index >= 15 is 0 Å². The number of hydrogen-bond donors (Lipinski definition) is 1. The topological polar surface area (TPSA) is 73.4 Å². The molecule has 1 atom stereocenters. The molecule has 0 radical (unpaired) electrons. The molecule has 0 spiro atoms. The number of rotatable bonds is 3. The first kappa shape index (κ1) is 12.0. The number of aromatic nitrogens is 2. The molecule has 19 heavy (non-hydrogen) atoms. The molecule has 1 amide bonds. The van der Waals surface area contributed by atoms with Crippen molar-refractivity contribution in [3.8, 4) is 0 Å². The van der Waals surface area contributed by atoms with Gasteiger partial charge in [0.25, 0.3) is 0 Å². The molecule has 100 valence electrons. The van der Waals surface area contributed by atoms with Gasteiger partial charge in [0.15, 0.2) is 0 Å². The molecule has 2 aromatic rings. The van der Waals surface area contributed by atoms with Crippen molar-refractivity contribution in [2.24, 2.45) is 12.8 Å². The molecule has 1 aromatic carbocycles. The van der Waals surface area contributed by atoms with Crippen molar-refractivity contribution in [1.29, 1.82) is 0 Å². The molecule has 0 saturated carbocycles. The second-order valence-corrected chi connectivity index (χ2v) is 4.71. The molecule has 1 aliphatic rings. The Labute approximate surface area is 110 Å². The summed E-state index contributed by atoms with van der Waals surface area (Å²) in [7, 11) is 1.90. The van der Waals surface area contributed by atoms with Crippen LogP contribution in [-0.2, 0) is 18.3 Å². The van der Waals surface area contributed by atoms with Gasteiger partial charge in [0.05, 0.1) is 24.3 Å². The van der Waals surface area contributed by atoms with Gasteiger partial charge in [0.2, 0.25) is 0 Å². The number of ether oxygens (including phenoxy) is 1. The summed E-state index contributed by atoms with van der Waals surface area (Å²) in [5.41, 5.74) is 7.46. The molecule has 0 aliphatic carbocycles. The molecule has 1 saturated heterocycles. The van der Waals surface area contributed by atoms with Gasteiger partial charge in [-0.3, -0.25) is 9.58 Å². The monoisotopic (exact) mass is 260 g/mol. The van der Waals surface area contributed by atoms with Crippen LogP contribution < -0.4 is 5.73 Å². The number of carbonyl (C=O) groups is 1. The molecule has 1 unspecified atom stereocenters. The molecule has 6 nitrogen and oxygen atoms in total. The van der Waals surface area contributed by atoms with Gasteiger partial charge in [-0.2, -0.15) is 5.10 Å². The van der Waals surface area contributed by atoms with E-state index in [2.05, 4.69) is 5.10 Å². The maximum Gasteiger partial charge on any atom is 0.410 e. The third-order valence-corrected chi connectivity index (χ3v) is 3.39. The van der Waals surface area contributed by atoms with Crippen molar-refractivity contribution >= 4 is 17.0 Å². The number of nitrogens with zero attached hydrogens (tertiary/aromatic N) is 3. The van der Waals surface area contributed by atoms with Gasteiger partial charge in [-0.05, 0) is 6.07 Å². The molecular formula is C13H16N4O2. The highest BCUT2D eigenvalue weighted by Crippen LogP contribution is 2.21. The predicted octanol–water partition coefficient (Wildman–Crippen LogP) is 0.853. The molecule has 1 aliphatic heterocycles. The molecule has 1 aromatic heterocycles. The standard InChI is InChI=1S/C13H16N4O2/c1-16-12-5-3-2-4-10(12)11(15-16)8-17-7-9(6-14)19-13(17)18/h2-5,9H,6-8,14H2,1H3. The van der Waals surface area contributed by atoms with E-state index in [1.807, 2.05) is 36.0 Å². The number of aryl methyl sites for hydroxylation is 1. The number of hydrogen-bond acceptors (Lipinski definition) is 4. The smallest absolute Gasteiger partial charge is 0.410 e. The highest BCUT2D eigenvalue weighted by atomic mass is 16.6. The van der Waals surface area contributed by atoms with E-state index in [0.29, 0.717) is 19.6 Å². The first-order valence-electron chi connectivity index (χ1n) is 6.25. The summed E-state index contributed by atoms with van der Waals surface area (Å²) < 4.78 is 6.97. The zero-order valence-electron chi connectivity index (χ0n) is 10.7. The zero-order chi connectivity index (χ0) is 13.4. The summed E-state index contributed by atoms with van der Waals surface area (Å²) in [5, 5.41) is 5.54. The lowest BCUT2D eigenvalue weighted by atomic mass is 10.2. The van der Waals surface area contributed by atoms with Crippen molar-refractivity contribution in [3.63, 3.8) is 0 Å². The Morgan fingerprint density at radius 2 is 2.26 bits per heavy atom. The quantitative estimate of drug-likeness (QED) is 0.888. The third-order valence-electron chi connectivity index (χ3n) is 3.39. The number of nitrogens with two attached hydrogens (primary N) is 1. The van der Waals surface area contributed by atoms with Crippen molar-refractivity contribution in [3.05, 3.63) is 30.0 Å². The normalized spacial score (nSPS) is 19.2. The van der Waals surface area contributed by atoms with Crippen LogP contribution in [0.1, 0.15) is 5.69 Å². The fraction of sp³-hybridized carbons (Fsp3) is 0.385. The summed E-state index contributed by atoms with van der Waals surface area (Å²) in [6.07, 6.45) is -0.521. The van der Waals surface area contributed by atoms with Crippen molar-refractivity contribution in [2.45, 2.75) is 12.6 Å². The van der Waals surface area contributed by atoms with Crippen LogP contribution in [0.5, 0.6) is 0 Å². The average molecular weight is 260 g/mol. The number of carbonyl (C=O) groups excluding carboxylic acids is 1. The van der Waals surface area contributed by atoms with Crippen LogP contribution in [0.15, 0.2) is 24.3 Å². The highest BCUT2D eigenvalue weighted by molar-refractivity contribution is 5.82. The zero-order valence-corrected chi connectivity index (χ0v) is 10.7. The average Bonchev–Trinajstić information content (AvgIpc) is 2.93. The Bertz CT molecular complexity index is 622. The van der Waals surface area contributed by atoms with Crippen molar-refractivity contribution in [2.75, 3.05) is 13.1 Å². The summed E-state index contributed by atoms with van der Waals surface area (Å²) in [4.78, 5) is 13.3. The second kappa shape index (κ2) is 4.55. The largest absolute Gasteiger partial charge is 0.443 e. The van der Waals surface area contributed by atoms with E-state index in [4.69, 9.17) is 10.5 Å². The molecular weight excluding hydrogens is 244 g/mol. The van der Waals surface area contributed by atoms with Crippen LogP contribution in [-0.4, -0.2) is 40.0 Å². The van der Waals surface area contributed by atoms with E-state index in [-0.39, 0.29) is 12.2 Å². The van der Waals surface area contributed by atoms with E-state index in [1.165, 1.54) is 0 Å². The van der Waals surface area contributed by atoms with Gasteiger partial charge in [-0.25, -0.2) is 4.79 Å². The van der Waals surface area contributed by atoms with Crippen molar-refractivity contribution in [1.82, 2.24) is 14.7 Å². The van der Waals surface area contributed by atoms with Gasteiger partial charge >= 0.3 is 6.09 Å². The maximum absolute atomic E-state index is 11.7. The summed E-state index contributed by atoms with van der Waals surface area (Å²) >= 11 is 0. The molecule has 2 heterocycles. The van der Waals surface area contributed by atoms with Crippen LogP contribution in [0.25, 0.3) is 10.9 Å². The first-order chi connectivity index (χ1) is 9.19. The summed E-state index contributed by atoms with van der Waals surface area (Å²) in [6, 6.07) is 7.97. The summed E-state index contributed by atoms with van der Waals surface area (Å²) in [5.74, 6) is 0. The molecule has 0 bridgehead atoms. The first-order valence-corrected chi connectivity index (χ1v) is 6.25. The van der Waals surface area contributed by atoms with Crippen LogP contribution in [0.3, 0.4) is 0 Å². The number of fused-ring (bicyclic) bond motifs is 1. The molecule has 6 heteroatoms. The van der Waals surface area contributed by atoms with Crippen molar-refractivity contribution < 1.29 is 9.53 Å². The van der Waals surface area contributed by atoms with Gasteiger partial charge in [-0.1, -0.05) is 18.2 Å². The Balaban J connectivity index is 1.88. The summed E-state index contributed by atoms with van der Waals surface area (Å²) in [6.45, 7) is 1.34. The Kier molecular flexibility index (Phi) is 2.87. The Hall–Kier alpha value is -2.08. The minimum absolute atomic E-state index is 0.206. The minimum Gasteiger partial charge on any atom is -0.443 e. The van der Waals surface area contributed by atoms with Crippen LogP contribution in [0.2, 0.25) is 0 Å². The fourth-order valence-corrected chi connectivity index (χ4v) is 2.41. The molecule has 2 N–H and O–H groups in total. The van der Waals surface area contributed by atoms with Gasteiger partial charge in [0, 0.05) is 19.0 Å². The van der Waals surface area contributed by atoms with Gasteiger partial charge in [-0.15, -0.1) is 0 Å².